The molecule has 0 radical (unpaired) electrons. The largest absolute Gasteiger partial charge is 0.493 e. The smallest absolute Gasteiger partial charge is 0.161 e. The molecule has 0 aliphatic heterocycles. The molecule has 0 fully saturated rings. The van der Waals surface area contributed by atoms with Crippen LogP contribution in [0.4, 0.5) is 0 Å². The summed E-state index contributed by atoms with van der Waals surface area (Å²) < 4.78 is 23.6. The zero-order valence-electron chi connectivity index (χ0n) is 15.1. The Bertz CT molecular complexity index is 881. The molecule has 8 nitrogen and oxygen atoms in total. The fourth-order valence-electron chi connectivity index (χ4n) is 2.31. The van der Waals surface area contributed by atoms with Crippen LogP contribution in [0, 0.1) is 0 Å². The van der Waals surface area contributed by atoms with Crippen molar-refractivity contribution in [1.29, 1.82) is 0 Å². The number of nitrogens with zero attached hydrogens (tertiary/aromatic N) is 4. The van der Waals surface area contributed by atoms with Crippen molar-refractivity contribution in [2.24, 2.45) is 5.10 Å². The molecule has 0 unspecified atom stereocenters. The molecule has 0 aliphatic rings. The van der Waals surface area contributed by atoms with E-state index in [4.69, 9.17) is 18.9 Å². The minimum atomic E-state index is 0.364. The van der Waals surface area contributed by atoms with Gasteiger partial charge >= 0.3 is 0 Å². The van der Waals surface area contributed by atoms with Crippen LogP contribution in [0.2, 0.25) is 0 Å². The van der Waals surface area contributed by atoms with E-state index in [9.17, 15) is 0 Å². The van der Waals surface area contributed by atoms with E-state index < -0.39 is 0 Å². The Labute approximate surface area is 157 Å². The average molecular weight is 368 g/mol. The summed E-state index contributed by atoms with van der Waals surface area (Å²) in [7, 11) is 3.20. The number of aromatic nitrogens is 3. The summed E-state index contributed by atoms with van der Waals surface area (Å²) >= 11 is 0. The molecule has 0 aliphatic carbocycles. The lowest BCUT2D eigenvalue weighted by Crippen LogP contribution is -2.10. The maximum Gasteiger partial charge on any atom is 0.161 e. The molecule has 140 valence electrons. The molecule has 0 bridgehead atoms. The molecule has 0 atom stereocenters. The van der Waals surface area contributed by atoms with Crippen molar-refractivity contribution < 1.29 is 18.9 Å². The first-order chi connectivity index (χ1) is 13.3. The quantitative estimate of drug-likeness (QED) is 0.427. The van der Waals surface area contributed by atoms with Crippen LogP contribution in [0.1, 0.15) is 5.56 Å². The predicted octanol–water partition coefficient (Wildman–Crippen LogP) is 2.64. The van der Waals surface area contributed by atoms with Crippen molar-refractivity contribution in [2.75, 3.05) is 27.4 Å². The topological polar surface area (TPSA) is 80.0 Å². The highest BCUT2D eigenvalue weighted by atomic mass is 16.5. The Morgan fingerprint density at radius 3 is 2.15 bits per heavy atom. The molecule has 1 aromatic heterocycles. The number of rotatable bonds is 9. The molecule has 3 rings (SSSR count). The summed E-state index contributed by atoms with van der Waals surface area (Å²) in [5, 5.41) is 11.6. The molecule has 0 spiro atoms. The molecule has 0 saturated heterocycles. The second-order valence-electron chi connectivity index (χ2n) is 5.34. The molecule has 0 N–H and O–H groups in total. The van der Waals surface area contributed by atoms with Crippen LogP contribution in [0.25, 0.3) is 0 Å². The van der Waals surface area contributed by atoms with Gasteiger partial charge in [-0.1, -0.05) is 12.1 Å². The third kappa shape index (κ3) is 4.97. The Morgan fingerprint density at radius 1 is 0.852 bits per heavy atom. The van der Waals surface area contributed by atoms with E-state index in [1.807, 2.05) is 42.5 Å². The summed E-state index contributed by atoms with van der Waals surface area (Å²) in [6.45, 7) is 0.739. The molecule has 27 heavy (non-hydrogen) atoms. The van der Waals surface area contributed by atoms with Crippen molar-refractivity contribution in [1.82, 2.24) is 14.9 Å². The lowest BCUT2D eigenvalue weighted by atomic mass is 10.2. The normalized spacial score (nSPS) is 10.7. The van der Waals surface area contributed by atoms with E-state index in [-0.39, 0.29) is 0 Å². The number of hydrogen-bond acceptors (Lipinski definition) is 7. The number of para-hydroxylation sites is 2. The van der Waals surface area contributed by atoms with Gasteiger partial charge in [0.05, 0.1) is 20.4 Å². The van der Waals surface area contributed by atoms with Gasteiger partial charge in [-0.25, -0.2) is 4.68 Å². The Balaban J connectivity index is 1.56. The van der Waals surface area contributed by atoms with Crippen molar-refractivity contribution in [3.05, 3.63) is 60.7 Å². The Morgan fingerprint density at radius 2 is 1.48 bits per heavy atom. The van der Waals surface area contributed by atoms with Crippen LogP contribution in [0.3, 0.4) is 0 Å². The van der Waals surface area contributed by atoms with Crippen LogP contribution in [0.15, 0.2) is 60.2 Å². The fourth-order valence-corrected chi connectivity index (χ4v) is 2.31. The van der Waals surface area contributed by atoms with Gasteiger partial charge in [-0.2, -0.15) is 5.10 Å². The SMILES string of the molecule is COc1ccccc1OCCOc1ccc(C=Nn2cnnc2)cc1OC. The summed E-state index contributed by atoms with van der Waals surface area (Å²) in [5.41, 5.74) is 0.859. The minimum absolute atomic E-state index is 0.364. The second-order valence-corrected chi connectivity index (χ2v) is 5.34. The van der Waals surface area contributed by atoms with E-state index in [1.165, 1.54) is 17.3 Å². The molecular weight excluding hydrogens is 348 g/mol. The third-order valence-corrected chi connectivity index (χ3v) is 3.60. The van der Waals surface area contributed by atoms with Crippen molar-refractivity contribution >= 4 is 6.21 Å². The van der Waals surface area contributed by atoms with Gasteiger partial charge in [-0.05, 0) is 35.9 Å². The summed E-state index contributed by atoms with van der Waals surface area (Å²) in [6.07, 6.45) is 4.69. The number of methoxy groups -OCH3 is 2. The van der Waals surface area contributed by atoms with Gasteiger partial charge in [0.25, 0.3) is 0 Å². The molecule has 0 amide bonds. The van der Waals surface area contributed by atoms with Crippen molar-refractivity contribution in [3.8, 4) is 23.0 Å². The molecule has 2 aromatic carbocycles. The first-order valence-corrected chi connectivity index (χ1v) is 8.26. The van der Waals surface area contributed by atoms with E-state index in [0.717, 1.165) is 5.56 Å². The van der Waals surface area contributed by atoms with Crippen LogP contribution in [0.5, 0.6) is 23.0 Å². The van der Waals surface area contributed by atoms with Gasteiger partial charge in [-0.15, -0.1) is 10.2 Å². The average Bonchev–Trinajstić information content (AvgIpc) is 3.24. The highest BCUT2D eigenvalue weighted by Crippen LogP contribution is 2.28. The summed E-state index contributed by atoms with van der Waals surface area (Å²) in [4.78, 5) is 0. The Hall–Kier alpha value is -3.55. The number of hydrogen-bond donors (Lipinski definition) is 0. The molecular formula is C19H20N4O4. The van der Waals surface area contributed by atoms with Crippen LogP contribution < -0.4 is 18.9 Å². The van der Waals surface area contributed by atoms with Gasteiger partial charge < -0.3 is 18.9 Å². The summed E-state index contributed by atoms with van der Waals surface area (Å²) in [5.74, 6) is 2.60. The molecule has 8 heteroatoms. The van der Waals surface area contributed by atoms with Gasteiger partial charge in [0.15, 0.2) is 23.0 Å². The van der Waals surface area contributed by atoms with Crippen LogP contribution in [-0.2, 0) is 0 Å². The van der Waals surface area contributed by atoms with Crippen LogP contribution >= 0.6 is 0 Å². The predicted molar refractivity (Wildman–Crippen MR) is 100.0 cm³/mol. The van der Waals surface area contributed by atoms with Gasteiger partial charge in [0.1, 0.15) is 25.9 Å². The van der Waals surface area contributed by atoms with Gasteiger partial charge in [0.2, 0.25) is 0 Å². The molecule has 0 saturated carbocycles. The van der Waals surface area contributed by atoms with Gasteiger partial charge in [-0.3, -0.25) is 0 Å². The Kier molecular flexibility index (Phi) is 6.24. The standard InChI is InChI=1S/C19H20N4O4/c1-24-16-5-3-4-6-17(16)26-9-10-27-18-8-7-15(11-19(18)25-2)12-22-23-13-20-21-14-23/h3-8,11-14H,9-10H2,1-2H3. The molecule has 1 heterocycles. The van der Waals surface area contributed by atoms with E-state index in [1.54, 1.807) is 20.4 Å². The number of benzene rings is 2. The van der Waals surface area contributed by atoms with Crippen molar-refractivity contribution in [2.45, 2.75) is 0 Å². The van der Waals surface area contributed by atoms with Crippen molar-refractivity contribution in [3.63, 3.8) is 0 Å². The first kappa shape index (κ1) is 18.2. The minimum Gasteiger partial charge on any atom is -0.493 e. The lowest BCUT2D eigenvalue weighted by molar-refractivity contribution is 0.206. The zero-order valence-corrected chi connectivity index (χ0v) is 15.1. The zero-order chi connectivity index (χ0) is 18.9. The monoisotopic (exact) mass is 368 g/mol. The van der Waals surface area contributed by atoms with E-state index in [0.29, 0.717) is 36.2 Å². The maximum atomic E-state index is 5.77. The lowest BCUT2D eigenvalue weighted by Gasteiger charge is -2.13. The first-order valence-electron chi connectivity index (χ1n) is 8.26. The fraction of sp³-hybridized carbons (Fsp3) is 0.211. The second kappa shape index (κ2) is 9.23. The summed E-state index contributed by atoms with van der Waals surface area (Å²) in [6, 6.07) is 13.0. The van der Waals surface area contributed by atoms with E-state index in [2.05, 4.69) is 15.3 Å². The molecule has 3 aromatic rings. The maximum absolute atomic E-state index is 5.77. The van der Waals surface area contributed by atoms with E-state index >= 15 is 0 Å². The third-order valence-electron chi connectivity index (χ3n) is 3.60. The van der Waals surface area contributed by atoms with Crippen LogP contribution in [-0.4, -0.2) is 48.5 Å². The highest BCUT2D eigenvalue weighted by molar-refractivity contribution is 5.80. The van der Waals surface area contributed by atoms with Gasteiger partial charge in [0, 0.05) is 0 Å². The number of ether oxygens (including phenoxy) is 4. The highest BCUT2D eigenvalue weighted by Gasteiger charge is 2.06.